The van der Waals surface area contributed by atoms with Crippen LogP contribution in [0.4, 0.5) is 0 Å². The lowest BCUT2D eigenvalue weighted by atomic mass is 9.96. The topological polar surface area (TPSA) is 35.5 Å². The Kier molecular flexibility index (Phi) is 2.17. The number of methoxy groups -OCH3 is 1. The third kappa shape index (κ3) is 1.45. The molecule has 2 aliphatic rings. The molecule has 4 heteroatoms. The molecule has 1 aliphatic carbocycles. The maximum atomic E-state index is 11.5. The summed E-state index contributed by atoms with van der Waals surface area (Å²) < 4.78 is 10.1. The molecule has 3 nitrogen and oxygen atoms in total. The van der Waals surface area contributed by atoms with E-state index in [1.165, 1.54) is 0 Å². The van der Waals surface area contributed by atoms with Gasteiger partial charge in [0, 0.05) is 5.41 Å². The van der Waals surface area contributed by atoms with Gasteiger partial charge in [-0.25, -0.2) is 0 Å². The van der Waals surface area contributed by atoms with Gasteiger partial charge in [-0.15, -0.1) is 11.6 Å². The van der Waals surface area contributed by atoms with E-state index in [4.69, 9.17) is 21.1 Å². The van der Waals surface area contributed by atoms with E-state index in [-0.39, 0.29) is 11.4 Å². The Morgan fingerprint density at radius 2 is 2.12 bits per heavy atom. The number of hydrogen-bond donors (Lipinski definition) is 0. The molecule has 1 saturated carbocycles. The Labute approximate surface area is 105 Å². The van der Waals surface area contributed by atoms with E-state index in [9.17, 15) is 4.79 Å². The normalized spacial score (nSPS) is 34.1. The van der Waals surface area contributed by atoms with Crippen molar-refractivity contribution in [2.24, 2.45) is 5.41 Å². The van der Waals surface area contributed by atoms with E-state index >= 15 is 0 Å². The number of cyclic esters (lactones) is 1. The second-order valence-corrected chi connectivity index (χ2v) is 5.50. The van der Waals surface area contributed by atoms with Crippen LogP contribution in [-0.4, -0.2) is 24.6 Å². The van der Waals surface area contributed by atoms with Crippen LogP contribution in [0.25, 0.3) is 0 Å². The van der Waals surface area contributed by atoms with E-state index in [0.29, 0.717) is 6.61 Å². The van der Waals surface area contributed by atoms with Gasteiger partial charge in [-0.3, -0.25) is 4.79 Å². The number of carbonyl (C=O) groups excluding carboxylic acids is 1. The number of carbonyl (C=O) groups is 1. The van der Waals surface area contributed by atoms with Crippen molar-refractivity contribution < 1.29 is 14.3 Å². The summed E-state index contributed by atoms with van der Waals surface area (Å²) in [4.78, 5) is 10.7. The van der Waals surface area contributed by atoms with Crippen LogP contribution in [-0.2, 0) is 16.0 Å². The van der Waals surface area contributed by atoms with E-state index in [1.54, 1.807) is 7.11 Å². The number of hydrogen-bond acceptors (Lipinski definition) is 3. The number of benzene rings is 1. The minimum Gasteiger partial charge on any atom is -0.497 e. The molecule has 1 aliphatic heterocycles. The van der Waals surface area contributed by atoms with E-state index in [2.05, 4.69) is 0 Å². The zero-order valence-electron chi connectivity index (χ0n) is 9.53. The number of esters is 1. The lowest BCUT2D eigenvalue weighted by molar-refractivity contribution is -0.140. The average Bonchev–Trinajstić information content (AvgIpc) is 2.86. The Balaban J connectivity index is 1.78. The first-order valence-electron chi connectivity index (χ1n) is 5.59. The standard InChI is InChI=1S/C13H13ClO3/c1-16-10-4-2-9(3-5-10)6-12-7-13(12,14)11(15)17-8-12/h2-5H,6-8H2,1H3/t12-,13-/m0/s1. The van der Waals surface area contributed by atoms with E-state index in [0.717, 1.165) is 24.2 Å². The van der Waals surface area contributed by atoms with Gasteiger partial charge in [0.15, 0.2) is 4.87 Å². The first-order valence-corrected chi connectivity index (χ1v) is 5.97. The Bertz CT molecular complexity index is 466. The highest BCUT2D eigenvalue weighted by Crippen LogP contribution is 2.66. The molecule has 2 fully saturated rings. The summed E-state index contributed by atoms with van der Waals surface area (Å²) >= 11 is 6.26. The molecule has 1 aromatic rings. The van der Waals surface area contributed by atoms with Crippen molar-refractivity contribution in [1.29, 1.82) is 0 Å². The van der Waals surface area contributed by atoms with E-state index in [1.807, 2.05) is 24.3 Å². The molecule has 0 radical (unpaired) electrons. The van der Waals surface area contributed by atoms with Gasteiger partial charge in [0.05, 0.1) is 13.7 Å². The molecule has 0 spiro atoms. The van der Waals surface area contributed by atoms with Crippen molar-refractivity contribution in [1.82, 2.24) is 0 Å². The summed E-state index contributed by atoms with van der Waals surface area (Å²) in [6, 6.07) is 7.85. The quantitative estimate of drug-likeness (QED) is 0.611. The Morgan fingerprint density at radius 3 is 2.59 bits per heavy atom. The summed E-state index contributed by atoms with van der Waals surface area (Å²) in [5.74, 6) is 0.575. The number of fused-ring (bicyclic) bond motifs is 1. The van der Waals surface area contributed by atoms with Crippen molar-refractivity contribution >= 4 is 17.6 Å². The highest BCUT2D eigenvalue weighted by Gasteiger charge is 2.76. The third-order valence-corrected chi connectivity index (χ3v) is 4.49. The van der Waals surface area contributed by atoms with Crippen LogP contribution in [0.3, 0.4) is 0 Å². The second-order valence-electron chi connectivity index (χ2n) is 4.86. The Hall–Kier alpha value is -1.22. The fraction of sp³-hybridized carbons (Fsp3) is 0.462. The van der Waals surface area contributed by atoms with Gasteiger partial charge in [0.25, 0.3) is 0 Å². The Morgan fingerprint density at radius 1 is 1.41 bits per heavy atom. The smallest absolute Gasteiger partial charge is 0.327 e. The van der Waals surface area contributed by atoms with Crippen LogP contribution >= 0.6 is 11.6 Å². The molecule has 1 saturated heterocycles. The molecule has 0 amide bonds. The molecule has 2 atom stereocenters. The highest BCUT2D eigenvalue weighted by molar-refractivity contribution is 6.38. The monoisotopic (exact) mass is 252 g/mol. The summed E-state index contributed by atoms with van der Waals surface area (Å²) in [6.07, 6.45) is 1.51. The molecule has 0 bridgehead atoms. The molecule has 1 aromatic carbocycles. The largest absolute Gasteiger partial charge is 0.497 e. The van der Waals surface area contributed by atoms with Crippen LogP contribution in [0.15, 0.2) is 24.3 Å². The van der Waals surface area contributed by atoms with Gasteiger partial charge in [-0.1, -0.05) is 12.1 Å². The number of ether oxygens (including phenoxy) is 2. The third-order valence-electron chi connectivity index (χ3n) is 3.80. The number of halogens is 1. The molecule has 1 heterocycles. The van der Waals surface area contributed by atoms with Crippen LogP contribution in [0.2, 0.25) is 0 Å². The fourth-order valence-corrected chi connectivity index (χ4v) is 3.01. The van der Waals surface area contributed by atoms with Crippen LogP contribution in [0.1, 0.15) is 12.0 Å². The maximum Gasteiger partial charge on any atom is 0.327 e. The van der Waals surface area contributed by atoms with Crippen molar-refractivity contribution in [2.45, 2.75) is 17.7 Å². The van der Waals surface area contributed by atoms with Crippen molar-refractivity contribution in [3.8, 4) is 5.75 Å². The lowest BCUT2D eigenvalue weighted by Crippen LogP contribution is -2.17. The molecule has 0 N–H and O–H groups in total. The van der Waals surface area contributed by atoms with Crippen molar-refractivity contribution in [3.63, 3.8) is 0 Å². The van der Waals surface area contributed by atoms with Crippen LogP contribution in [0.5, 0.6) is 5.75 Å². The summed E-state index contributed by atoms with van der Waals surface area (Å²) in [6.45, 7) is 0.446. The molecule has 0 aromatic heterocycles. The summed E-state index contributed by atoms with van der Waals surface area (Å²) in [5.41, 5.74) is 0.979. The van der Waals surface area contributed by atoms with Crippen molar-refractivity contribution in [2.75, 3.05) is 13.7 Å². The van der Waals surface area contributed by atoms with Crippen LogP contribution < -0.4 is 4.74 Å². The minimum atomic E-state index is -0.757. The molecule has 0 unspecified atom stereocenters. The lowest BCUT2D eigenvalue weighted by Gasteiger charge is -2.10. The predicted octanol–water partition coefficient (Wildman–Crippen LogP) is 2.16. The zero-order valence-corrected chi connectivity index (χ0v) is 10.3. The maximum absolute atomic E-state index is 11.5. The minimum absolute atomic E-state index is 0.180. The van der Waals surface area contributed by atoms with Gasteiger partial charge < -0.3 is 9.47 Å². The van der Waals surface area contributed by atoms with E-state index < -0.39 is 4.87 Å². The number of alkyl halides is 1. The summed E-state index contributed by atoms with van der Waals surface area (Å²) in [5, 5.41) is 0. The predicted molar refractivity (Wildman–Crippen MR) is 63.3 cm³/mol. The second kappa shape index (κ2) is 3.39. The highest BCUT2D eigenvalue weighted by atomic mass is 35.5. The molecule has 90 valence electrons. The van der Waals surface area contributed by atoms with Gasteiger partial charge in [-0.2, -0.15) is 0 Å². The van der Waals surface area contributed by atoms with Crippen molar-refractivity contribution in [3.05, 3.63) is 29.8 Å². The SMILES string of the molecule is COc1ccc(C[C@]23COC(=O)[C@@]2(Cl)C3)cc1. The van der Waals surface area contributed by atoms with Gasteiger partial charge in [0.1, 0.15) is 5.75 Å². The molecule has 3 rings (SSSR count). The zero-order chi connectivity index (χ0) is 12.1. The molecular weight excluding hydrogens is 240 g/mol. The first kappa shape index (κ1) is 10.9. The number of rotatable bonds is 3. The molecular formula is C13H13ClO3. The average molecular weight is 253 g/mol. The summed E-state index contributed by atoms with van der Waals surface area (Å²) in [7, 11) is 1.64. The fourth-order valence-electron chi connectivity index (χ4n) is 2.58. The van der Waals surface area contributed by atoms with Gasteiger partial charge in [-0.05, 0) is 30.5 Å². The van der Waals surface area contributed by atoms with Gasteiger partial charge in [0.2, 0.25) is 0 Å². The van der Waals surface area contributed by atoms with Gasteiger partial charge >= 0.3 is 5.97 Å². The van der Waals surface area contributed by atoms with Crippen LogP contribution in [0, 0.1) is 5.41 Å². The molecule has 17 heavy (non-hydrogen) atoms. The first-order chi connectivity index (χ1) is 8.10.